The first-order valence-corrected chi connectivity index (χ1v) is 26.9. The lowest BCUT2D eigenvalue weighted by atomic mass is 9.78. The highest BCUT2D eigenvalue weighted by Crippen LogP contribution is 2.51. The number of allylic oxidation sites excluding steroid dienone is 6. The predicted molar refractivity (Wildman–Crippen MR) is 263 cm³/mol. The van der Waals surface area contributed by atoms with E-state index in [4.69, 9.17) is 22.8 Å². The van der Waals surface area contributed by atoms with Crippen LogP contribution in [0.5, 0.6) is 0 Å². The predicted octanol–water partition coefficient (Wildman–Crippen LogP) is 9.73. The maximum absolute atomic E-state index is 12.1. The fraction of sp³-hybridized carbons (Fsp3) is 0.380. The van der Waals surface area contributed by atoms with Crippen molar-refractivity contribution in [1.29, 1.82) is 0 Å². The van der Waals surface area contributed by atoms with Gasteiger partial charge < -0.3 is 9.64 Å². The minimum Gasteiger partial charge on any atom is -0.365 e. The number of unbranched alkanes of at least 4 members (excludes halogenated alkanes) is 2. The molecule has 4 aromatic rings. The zero-order valence-electron chi connectivity index (χ0n) is 37.7. The highest BCUT2D eigenvalue weighted by atomic mass is 35.5. The molecule has 12 nitrogen and oxygen atoms in total. The summed E-state index contributed by atoms with van der Waals surface area (Å²) in [4.78, 5) is 1.90. The number of halogens is 1. The van der Waals surface area contributed by atoms with Gasteiger partial charge in [0.05, 0.1) is 27.9 Å². The number of rotatable bonds is 16. The van der Waals surface area contributed by atoms with Crippen molar-refractivity contribution in [2.45, 2.75) is 95.0 Å². The molecule has 16 heteroatoms. The molecule has 350 valence electrons. The molecule has 1 unspecified atom stereocenters. The van der Waals surface area contributed by atoms with Crippen LogP contribution in [0.25, 0.3) is 21.5 Å². The monoisotopic (exact) mass is 975 g/mol. The van der Waals surface area contributed by atoms with Gasteiger partial charge in [0.2, 0.25) is 5.69 Å². The first-order chi connectivity index (χ1) is 30.9. The Bertz CT molecular complexity index is 3180. The summed E-state index contributed by atoms with van der Waals surface area (Å²) < 4.78 is 108. The number of hydrogen-bond donors (Lipinski definition) is 3. The molecule has 1 atom stereocenters. The molecule has 3 N–H and O–H groups in total. The second-order valence-electron chi connectivity index (χ2n) is 18.4. The first kappa shape index (κ1) is 49.3. The number of anilines is 1. The smallest absolute Gasteiger partial charge is 0.294 e. The van der Waals surface area contributed by atoms with Crippen molar-refractivity contribution in [1.82, 2.24) is 0 Å². The minimum absolute atomic E-state index is 0.100. The zero-order valence-corrected chi connectivity index (χ0v) is 40.9. The zero-order chi connectivity index (χ0) is 48.0. The summed E-state index contributed by atoms with van der Waals surface area (Å²) in [7, 11) is -12.7. The van der Waals surface area contributed by atoms with E-state index >= 15 is 0 Å². The van der Waals surface area contributed by atoms with Gasteiger partial charge in [0.15, 0.2) is 5.71 Å². The maximum atomic E-state index is 12.1. The number of nitrogens with zero attached hydrogens (tertiary/aromatic N) is 2. The Kier molecular flexibility index (Phi) is 14.0. The SMILES string of the molecule is C#CCOC1CC(/C=C/C2=[N+](CCCCS(=O)(=O)O)c3ccc4cc(C)ccc4c3C2(C)C)=C(Cl)C(=C/C=C2/N(CCCCS(=O)(=O)O)c3ccc4cc(S(=O)(=O)O)ccc4c3C2(C)C)/C1. The van der Waals surface area contributed by atoms with Crippen LogP contribution in [0.2, 0.25) is 0 Å². The van der Waals surface area contributed by atoms with Crippen LogP contribution in [0.1, 0.15) is 82.9 Å². The molecule has 0 saturated carbocycles. The summed E-state index contributed by atoms with van der Waals surface area (Å²) >= 11 is 7.39. The van der Waals surface area contributed by atoms with Crippen LogP contribution in [0.4, 0.5) is 11.4 Å². The van der Waals surface area contributed by atoms with Gasteiger partial charge in [-0.05, 0) is 109 Å². The molecule has 0 aromatic heterocycles. The quantitative estimate of drug-likeness (QED) is 0.0421. The van der Waals surface area contributed by atoms with Crippen LogP contribution in [0.3, 0.4) is 0 Å². The largest absolute Gasteiger partial charge is 0.365 e. The van der Waals surface area contributed by atoms with Crippen molar-refractivity contribution < 1.29 is 48.2 Å². The minimum atomic E-state index is -4.45. The first-order valence-electron chi connectivity index (χ1n) is 21.9. The van der Waals surface area contributed by atoms with Crippen LogP contribution >= 0.6 is 11.6 Å². The lowest BCUT2D eigenvalue weighted by Gasteiger charge is -2.28. The Morgan fingerprint density at radius 3 is 2.14 bits per heavy atom. The van der Waals surface area contributed by atoms with Crippen molar-refractivity contribution in [2.75, 3.05) is 36.1 Å². The van der Waals surface area contributed by atoms with Gasteiger partial charge in [-0.2, -0.15) is 29.8 Å². The van der Waals surface area contributed by atoms with Gasteiger partial charge >= 0.3 is 0 Å². The van der Waals surface area contributed by atoms with E-state index in [0.717, 1.165) is 66.8 Å². The molecule has 3 aliphatic rings. The molecular weight excluding hydrogens is 920 g/mol. The van der Waals surface area contributed by atoms with Gasteiger partial charge in [-0.15, -0.1) is 6.42 Å². The van der Waals surface area contributed by atoms with Gasteiger partial charge in [-0.25, -0.2) is 0 Å². The molecular formula is C50H56ClN2O10S3+. The van der Waals surface area contributed by atoms with Crippen LogP contribution in [0, 0.1) is 19.3 Å². The van der Waals surface area contributed by atoms with Crippen LogP contribution in [-0.2, 0) is 45.9 Å². The molecule has 2 heterocycles. The van der Waals surface area contributed by atoms with E-state index in [1.165, 1.54) is 12.1 Å². The summed E-state index contributed by atoms with van der Waals surface area (Å²) in [5, 5.41) is 4.22. The molecule has 0 amide bonds. The molecule has 4 aromatic carbocycles. The summed E-state index contributed by atoms with van der Waals surface area (Å²) in [5.74, 6) is 1.88. The molecule has 1 aliphatic carbocycles. The highest BCUT2D eigenvalue weighted by molar-refractivity contribution is 7.86. The summed E-state index contributed by atoms with van der Waals surface area (Å²) in [6.45, 7) is 11.6. The Labute approximate surface area is 393 Å². The van der Waals surface area contributed by atoms with Gasteiger partial charge in [0, 0.05) is 65.3 Å². The van der Waals surface area contributed by atoms with Gasteiger partial charge in [-0.1, -0.05) is 79.4 Å². The Morgan fingerprint density at radius 1 is 0.803 bits per heavy atom. The molecule has 0 saturated heterocycles. The van der Waals surface area contributed by atoms with Gasteiger partial charge in [0.1, 0.15) is 13.2 Å². The fourth-order valence-corrected chi connectivity index (χ4v) is 11.8. The van der Waals surface area contributed by atoms with Gasteiger partial charge in [-0.3, -0.25) is 13.7 Å². The molecule has 66 heavy (non-hydrogen) atoms. The van der Waals surface area contributed by atoms with Crippen molar-refractivity contribution >= 4 is 80.6 Å². The summed E-state index contributed by atoms with van der Waals surface area (Å²) in [6.07, 6.45) is 15.9. The van der Waals surface area contributed by atoms with Crippen molar-refractivity contribution in [3.05, 3.63) is 124 Å². The third kappa shape index (κ3) is 10.4. The van der Waals surface area contributed by atoms with E-state index in [0.29, 0.717) is 55.6 Å². The second-order valence-corrected chi connectivity index (χ2v) is 23.3. The number of terminal acetylenes is 1. The fourth-order valence-electron chi connectivity index (χ4n) is 9.91. The average Bonchev–Trinajstić information content (AvgIpc) is 3.58. The standard InChI is InChI=1S/C50H55ClN2O10S3/c1-7-26-63-38-30-36(15-22-44-49(3,4)46-40-18-12-33(2)29-34(40)13-20-42(46)52(44)24-8-10-27-64(54,55)56)48(51)37(31-38)16-23-45-50(5,6)47-41-19-17-39(66(60,61)62)32-35(41)14-21-43(47)53(45)25-9-11-28-65(57,58)59/h1,12-23,29,32,38H,8-11,24-28,30-31H2,2-6H3,(H2-,54,55,56,57,58,59,60,61,62)/p+1. The van der Waals surface area contributed by atoms with E-state index in [-0.39, 0.29) is 35.5 Å². The number of fused-ring (bicyclic) bond motifs is 6. The number of ether oxygens (including phenoxy) is 1. The van der Waals surface area contributed by atoms with E-state index in [1.807, 2.05) is 24.3 Å². The van der Waals surface area contributed by atoms with Crippen LogP contribution in [-0.4, -0.2) is 86.5 Å². The molecule has 2 aliphatic heterocycles. The Balaban J connectivity index is 1.31. The van der Waals surface area contributed by atoms with Gasteiger partial charge in [0.25, 0.3) is 30.4 Å². The summed E-state index contributed by atoms with van der Waals surface area (Å²) in [5.41, 5.74) is 7.51. The number of aryl methyl sites for hydroxylation is 1. The van der Waals surface area contributed by atoms with Crippen LogP contribution < -0.4 is 4.90 Å². The van der Waals surface area contributed by atoms with E-state index in [2.05, 4.69) is 86.4 Å². The molecule has 7 rings (SSSR count). The molecule has 0 bridgehead atoms. The summed E-state index contributed by atoms with van der Waals surface area (Å²) in [6, 6.07) is 18.9. The number of hydrogen-bond acceptors (Lipinski definition) is 8. The third-order valence-electron chi connectivity index (χ3n) is 12.9. The Hall–Kier alpha value is -4.63. The normalized spacial score (nSPS) is 19.8. The lowest BCUT2D eigenvalue weighted by molar-refractivity contribution is -0.438. The third-order valence-corrected chi connectivity index (χ3v) is 15.9. The second kappa shape index (κ2) is 18.8. The maximum Gasteiger partial charge on any atom is 0.294 e. The Morgan fingerprint density at radius 2 is 1.45 bits per heavy atom. The average molecular weight is 977 g/mol. The molecule has 0 spiro atoms. The van der Waals surface area contributed by atoms with Crippen molar-refractivity contribution in [3.63, 3.8) is 0 Å². The van der Waals surface area contributed by atoms with Crippen molar-refractivity contribution in [2.24, 2.45) is 0 Å². The molecule has 0 radical (unpaired) electrons. The molecule has 0 fully saturated rings. The van der Waals surface area contributed by atoms with Crippen molar-refractivity contribution in [3.8, 4) is 12.3 Å². The number of benzene rings is 4. The van der Waals surface area contributed by atoms with E-state index < -0.39 is 41.2 Å². The van der Waals surface area contributed by atoms with E-state index in [1.54, 1.807) is 12.1 Å². The van der Waals surface area contributed by atoms with Crippen LogP contribution in [0.15, 0.2) is 112 Å². The highest BCUT2D eigenvalue weighted by Gasteiger charge is 2.46. The topological polar surface area (TPSA) is 179 Å². The lowest BCUT2D eigenvalue weighted by Crippen LogP contribution is -2.28. The van der Waals surface area contributed by atoms with E-state index in [9.17, 15) is 38.9 Å².